The molecule has 1 fully saturated rings. The van der Waals surface area contributed by atoms with Crippen molar-refractivity contribution in [2.75, 3.05) is 42.9 Å². The van der Waals surface area contributed by atoms with E-state index in [4.69, 9.17) is 0 Å². The van der Waals surface area contributed by atoms with Gasteiger partial charge < -0.3 is 20.4 Å². The fourth-order valence-electron chi connectivity index (χ4n) is 3.95. The maximum absolute atomic E-state index is 12.5. The van der Waals surface area contributed by atoms with Crippen LogP contribution in [0.4, 0.5) is 16.3 Å². The number of rotatable bonds is 6. The van der Waals surface area contributed by atoms with Crippen LogP contribution in [-0.2, 0) is 4.79 Å². The molecule has 1 aromatic carbocycles. The Kier molecular flexibility index (Phi) is 6.87. The zero-order valence-electron chi connectivity index (χ0n) is 19.0. The summed E-state index contributed by atoms with van der Waals surface area (Å²) in [7, 11) is 0. The number of hydrogen-bond donors (Lipinski definition) is 2. The Bertz CT molecular complexity index is 1110. The van der Waals surface area contributed by atoms with Crippen molar-refractivity contribution in [3.05, 3.63) is 66.1 Å². The van der Waals surface area contributed by atoms with Crippen molar-refractivity contribution in [2.45, 2.75) is 20.3 Å². The van der Waals surface area contributed by atoms with E-state index in [0.29, 0.717) is 18.8 Å². The van der Waals surface area contributed by atoms with Crippen LogP contribution in [0.5, 0.6) is 0 Å². The van der Waals surface area contributed by atoms with Crippen LogP contribution in [0.3, 0.4) is 0 Å². The number of piperazine rings is 1. The number of anilines is 2. The molecule has 0 aliphatic carbocycles. The minimum Gasteiger partial charge on any atom is -0.353 e. The zero-order valence-corrected chi connectivity index (χ0v) is 19.0. The number of pyridine rings is 1. The number of carbonyl (C=O) groups is 2. The number of benzene rings is 1. The molecule has 0 saturated carbocycles. The van der Waals surface area contributed by atoms with E-state index < -0.39 is 0 Å². The lowest BCUT2D eigenvalue weighted by Crippen LogP contribution is -2.49. The first-order valence-electron chi connectivity index (χ1n) is 11.1. The van der Waals surface area contributed by atoms with Crippen LogP contribution in [0.1, 0.15) is 17.8 Å². The van der Waals surface area contributed by atoms with Gasteiger partial charge in [-0.15, -0.1) is 0 Å². The van der Waals surface area contributed by atoms with Gasteiger partial charge in [-0.3, -0.25) is 4.79 Å². The van der Waals surface area contributed by atoms with Gasteiger partial charge in [-0.2, -0.15) is 5.10 Å². The zero-order chi connectivity index (χ0) is 23.2. The van der Waals surface area contributed by atoms with Crippen molar-refractivity contribution >= 4 is 23.4 Å². The first-order valence-corrected chi connectivity index (χ1v) is 11.1. The Morgan fingerprint density at radius 1 is 1.00 bits per heavy atom. The van der Waals surface area contributed by atoms with Crippen molar-refractivity contribution in [1.29, 1.82) is 0 Å². The summed E-state index contributed by atoms with van der Waals surface area (Å²) in [5.74, 6) is 0.979. The summed E-state index contributed by atoms with van der Waals surface area (Å²) >= 11 is 0. The third kappa shape index (κ3) is 5.68. The normalized spacial score (nSPS) is 13.6. The third-order valence-electron chi connectivity index (χ3n) is 5.59. The predicted octanol–water partition coefficient (Wildman–Crippen LogP) is 2.74. The summed E-state index contributed by atoms with van der Waals surface area (Å²) in [5.41, 5.74) is 3.49. The van der Waals surface area contributed by atoms with Gasteiger partial charge >= 0.3 is 6.03 Å². The van der Waals surface area contributed by atoms with Crippen LogP contribution in [-0.4, -0.2) is 64.3 Å². The van der Waals surface area contributed by atoms with Crippen LogP contribution in [0.2, 0.25) is 0 Å². The summed E-state index contributed by atoms with van der Waals surface area (Å²) in [5, 5.41) is 10.1. The lowest BCUT2D eigenvalue weighted by molar-refractivity contribution is -0.131. The molecule has 0 radical (unpaired) electrons. The Labute approximate surface area is 193 Å². The van der Waals surface area contributed by atoms with Crippen LogP contribution in [0, 0.1) is 13.8 Å². The van der Waals surface area contributed by atoms with Gasteiger partial charge in [0, 0.05) is 56.7 Å². The van der Waals surface area contributed by atoms with Crippen molar-refractivity contribution < 1.29 is 9.59 Å². The number of carbonyl (C=O) groups excluding carboxylic acids is 2. The monoisotopic (exact) mass is 447 g/mol. The highest BCUT2D eigenvalue weighted by atomic mass is 16.2. The van der Waals surface area contributed by atoms with E-state index in [-0.39, 0.29) is 24.9 Å². The lowest BCUT2D eigenvalue weighted by Gasteiger charge is -2.35. The van der Waals surface area contributed by atoms with Gasteiger partial charge in [0.15, 0.2) is 0 Å². The average molecular weight is 448 g/mol. The van der Waals surface area contributed by atoms with Crippen molar-refractivity contribution in [2.24, 2.45) is 0 Å². The van der Waals surface area contributed by atoms with Crippen LogP contribution in [0.15, 0.2) is 54.7 Å². The maximum atomic E-state index is 12.5. The van der Waals surface area contributed by atoms with E-state index >= 15 is 0 Å². The second kappa shape index (κ2) is 10.2. The van der Waals surface area contributed by atoms with Crippen molar-refractivity contribution in [3.8, 4) is 5.69 Å². The lowest BCUT2D eigenvalue weighted by atomic mass is 10.2. The van der Waals surface area contributed by atoms with E-state index in [9.17, 15) is 9.59 Å². The molecule has 9 heteroatoms. The molecular formula is C24H29N7O2. The number of aryl methyl sites for hydroxylation is 2. The van der Waals surface area contributed by atoms with Gasteiger partial charge in [0.1, 0.15) is 5.82 Å². The molecule has 33 heavy (non-hydrogen) atoms. The summed E-state index contributed by atoms with van der Waals surface area (Å²) < 4.78 is 1.84. The smallest absolute Gasteiger partial charge is 0.319 e. The first-order chi connectivity index (χ1) is 16.0. The molecule has 0 atom stereocenters. The molecule has 3 aromatic rings. The summed E-state index contributed by atoms with van der Waals surface area (Å²) in [6.07, 6.45) is 2.04. The predicted molar refractivity (Wildman–Crippen MR) is 128 cm³/mol. The minimum atomic E-state index is -0.340. The van der Waals surface area contributed by atoms with Gasteiger partial charge in [0.05, 0.1) is 11.4 Å². The molecule has 1 saturated heterocycles. The van der Waals surface area contributed by atoms with Gasteiger partial charge in [0.25, 0.3) is 0 Å². The highest BCUT2D eigenvalue weighted by molar-refractivity contribution is 5.90. The van der Waals surface area contributed by atoms with E-state index in [0.717, 1.165) is 36.0 Å². The quantitative estimate of drug-likeness (QED) is 0.606. The molecule has 0 bridgehead atoms. The van der Waals surface area contributed by atoms with Crippen LogP contribution < -0.4 is 15.5 Å². The Hall–Kier alpha value is -3.88. The largest absolute Gasteiger partial charge is 0.353 e. The Morgan fingerprint density at radius 3 is 2.52 bits per heavy atom. The maximum Gasteiger partial charge on any atom is 0.319 e. The van der Waals surface area contributed by atoms with E-state index in [1.807, 2.05) is 72.0 Å². The second-order valence-electron chi connectivity index (χ2n) is 8.08. The van der Waals surface area contributed by atoms with Gasteiger partial charge in [-0.05, 0) is 50.2 Å². The molecule has 1 aliphatic heterocycles. The fraction of sp³-hybridized carbons (Fsp3) is 0.333. The number of nitrogens with zero attached hydrogens (tertiary/aromatic N) is 5. The number of aromatic nitrogens is 3. The number of urea groups is 1. The molecule has 1 aliphatic rings. The fourth-order valence-corrected chi connectivity index (χ4v) is 3.95. The SMILES string of the molecule is Cc1cc(C)n(-c2cccc(NC(=O)NCCC(=O)N3CCN(c4ccccn4)CC3)c2)n1. The van der Waals surface area contributed by atoms with E-state index in [1.54, 1.807) is 6.20 Å². The molecule has 172 valence electrons. The van der Waals surface area contributed by atoms with Crippen molar-refractivity contribution in [1.82, 2.24) is 25.0 Å². The molecule has 3 heterocycles. The Morgan fingerprint density at radius 2 is 1.82 bits per heavy atom. The van der Waals surface area contributed by atoms with Crippen LogP contribution >= 0.6 is 0 Å². The molecular weight excluding hydrogens is 418 g/mol. The number of amides is 3. The van der Waals surface area contributed by atoms with Crippen molar-refractivity contribution in [3.63, 3.8) is 0 Å². The second-order valence-corrected chi connectivity index (χ2v) is 8.08. The molecule has 2 N–H and O–H groups in total. The van der Waals surface area contributed by atoms with Crippen LogP contribution in [0.25, 0.3) is 5.69 Å². The number of nitrogens with one attached hydrogen (secondary N) is 2. The number of hydrogen-bond acceptors (Lipinski definition) is 5. The Balaban J connectivity index is 1.21. The molecule has 0 spiro atoms. The summed E-state index contributed by atoms with van der Waals surface area (Å²) in [6.45, 7) is 7.02. The third-order valence-corrected chi connectivity index (χ3v) is 5.59. The topological polar surface area (TPSA) is 95.4 Å². The summed E-state index contributed by atoms with van der Waals surface area (Å²) in [4.78, 5) is 33.2. The molecule has 0 unspecified atom stereocenters. The first kappa shape index (κ1) is 22.3. The molecule has 9 nitrogen and oxygen atoms in total. The van der Waals surface area contributed by atoms with Gasteiger partial charge in [-0.1, -0.05) is 12.1 Å². The molecule has 3 amide bonds. The highest BCUT2D eigenvalue weighted by Crippen LogP contribution is 2.17. The van der Waals surface area contributed by atoms with E-state index in [2.05, 4.69) is 25.6 Å². The summed E-state index contributed by atoms with van der Waals surface area (Å²) in [6, 6.07) is 15.0. The average Bonchev–Trinajstić information content (AvgIpc) is 3.17. The minimum absolute atomic E-state index is 0.0440. The standard InChI is InChI=1S/C24H29N7O2/c1-18-16-19(2)31(28-18)21-7-5-6-20(17-21)27-24(33)26-11-9-23(32)30-14-12-29(13-15-30)22-8-3-4-10-25-22/h3-8,10,16-17H,9,11-15H2,1-2H3,(H2,26,27,33). The molecule has 2 aromatic heterocycles. The van der Waals surface area contributed by atoms with E-state index in [1.165, 1.54) is 0 Å². The van der Waals surface area contributed by atoms with Gasteiger partial charge in [-0.25, -0.2) is 14.5 Å². The highest BCUT2D eigenvalue weighted by Gasteiger charge is 2.21. The molecule has 4 rings (SSSR count). The van der Waals surface area contributed by atoms with Gasteiger partial charge in [0.2, 0.25) is 5.91 Å².